The third kappa shape index (κ3) is 4.55. The van der Waals surface area contributed by atoms with Crippen LogP contribution >= 0.6 is 11.5 Å². The highest BCUT2D eigenvalue weighted by molar-refractivity contribution is 7.05. The largest absolute Gasteiger partial charge is 0.312 e. The minimum absolute atomic E-state index is 0.905. The van der Waals surface area contributed by atoms with Crippen LogP contribution in [-0.4, -0.2) is 40.7 Å². The molecule has 5 heteroatoms. The lowest BCUT2D eigenvalue weighted by molar-refractivity contribution is 0.298. The van der Waals surface area contributed by atoms with Crippen molar-refractivity contribution in [2.75, 3.05) is 26.2 Å². The van der Waals surface area contributed by atoms with Gasteiger partial charge in [-0.25, -0.2) is 0 Å². The fourth-order valence-corrected chi connectivity index (χ4v) is 2.18. The molecule has 0 aliphatic heterocycles. The first-order valence-electron chi connectivity index (χ1n) is 5.98. The number of aryl methyl sites for hydroxylation is 1. The standard InChI is InChI=1S/C11H22N4S/c1-4-15(5-2)8-6-7-12-9-11-10(3)13-14-16-11/h12H,4-9H2,1-3H3. The van der Waals surface area contributed by atoms with Crippen LogP contribution in [0.15, 0.2) is 0 Å². The van der Waals surface area contributed by atoms with Crippen LogP contribution in [0.1, 0.15) is 30.8 Å². The van der Waals surface area contributed by atoms with Gasteiger partial charge in [-0.05, 0) is 51.1 Å². The van der Waals surface area contributed by atoms with Gasteiger partial charge in [0.2, 0.25) is 0 Å². The molecule has 0 radical (unpaired) electrons. The van der Waals surface area contributed by atoms with Crippen molar-refractivity contribution >= 4 is 11.5 Å². The molecule has 0 aliphatic carbocycles. The normalized spacial score (nSPS) is 11.2. The van der Waals surface area contributed by atoms with E-state index in [4.69, 9.17) is 0 Å². The molecule has 0 fully saturated rings. The third-order valence-corrected chi connectivity index (χ3v) is 3.58. The lowest BCUT2D eigenvalue weighted by Gasteiger charge is -2.17. The van der Waals surface area contributed by atoms with E-state index in [1.54, 1.807) is 0 Å². The fourth-order valence-electron chi connectivity index (χ4n) is 1.58. The van der Waals surface area contributed by atoms with Crippen LogP contribution in [0.3, 0.4) is 0 Å². The topological polar surface area (TPSA) is 41.0 Å². The predicted octanol–water partition coefficient (Wildman–Crippen LogP) is 1.67. The quantitative estimate of drug-likeness (QED) is 0.704. The summed E-state index contributed by atoms with van der Waals surface area (Å²) in [6, 6.07) is 0. The molecule has 92 valence electrons. The molecule has 0 aliphatic rings. The van der Waals surface area contributed by atoms with Crippen LogP contribution in [0.4, 0.5) is 0 Å². The monoisotopic (exact) mass is 242 g/mol. The minimum atomic E-state index is 0.905. The average Bonchev–Trinajstić information content (AvgIpc) is 2.70. The van der Waals surface area contributed by atoms with Crippen molar-refractivity contribution in [1.82, 2.24) is 19.8 Å². The van der Waals surface area contributed by atoms with Gasteiger partial charge in [0.1, 0.15) is 0 Å². The van der Waals surface area contributed by atoms with Gasteiger partial charge in [-0.3, -0.25) is 0 Å². The second-order valence-corrected chi connectivity index (χ2v) is 4.68. The highest BCUT2D eigenvalue weighted by atomic mass is 32.1. The summed E-state index contributed by atoms with van der Waals surface area (Å²) in [7, 11) is 0. The Morgan fingerprint density at radius 1 is 1.31 bits per heavy atom. The zero-order chi connectivity index (χ0) is 11.8. The van der Waals surface area contributed by atoms with Crippen LogP contribution in [0.25, 0.3) is 0 Å². The molecule has 0 spiro atoms. The van der Waals surface area contributed by atoms with Crippen molar-refractivity contribution in [3.63, 3.8) is 0 Å². The van der Waals surface area contributed by atoms with Crippen molar-refractivity contribution in [2.24, 2.45) is 0 Å². The lowest BCUT2D eigenvalue weighted by Crippen LogP contribution is -2.27. The first-order chi connectivity index (χ1) is 7.77. The molecule has 0 saturated heterocycles. The summed E-state index contributed by atoms with van der Waals surface area (Å²) in [5, 5.41) is 7.43. The maximum Gasteiger partial charge on any atom is 0.0769 e. The Labute approximate surface area is 102 Å². The highest BCUT2D eigenvalue weighted by Gasteiger charge is 2.02. The zero-order valence-electron chi connectivity index (χ0n) is 10.5. The summed E-state index contributed by atoms with van der Waals surface area (Å²) in [5.41, 5.74) is 1.06. The molecule has 0 atom stereocenters. The van der Waals surface area contributed by atoms with Crippen LogP contribution < -0.4 is 5.32 Å². The molecule has 0 bridgehead atoms. The third-order valence-electron chi connectivity index (χ3n) is 2.75. The van der Waals surface area contributed by atoms with E-state index in [2.05, 4.69) is 33.7 Å². The van der Waals surface area contributed by atoms with Gasteiger partial charge >= 0.3 is 0 Å². The molecule has 1 aromatic rings. The van der Waals surface area contributed by atoms with Crippen molar-refractivity contribution in [3.05, 3.63) is 10.6 Å². The summed E-state index contributed by atoms with van der Waals surface area (Å²) >= 11 is 1.49. The summed E-state index contributed by atoms with van der Waals surface area (Å²) in [6.07, 6.45) is 1.20. The molecule has 1 heterocycles. The van der Waals surface area contributed by atoms with E-state index in [1.165, 1.54) is 29.4 Å². The Morgan fingerprint density at radius 3 is 2.62 bits per heavy atom. The van der Waals surface area contributed by atoms with Gasteiger partial charge in [-0.15, -0.1) is 5.10 Å². The second kappa shape index (κ2) is 7.70. The minimum Gasteiger partial charge on any atom is -0.312 e. The molecule has 0 amide bonds. The van der Waals surface area contributed by atoms with Crippen molar-refractivity contribution < 1.29 is 0 Å². The van der Waals surface area contributed by atoms with Gasteiger partial charge in [-0.1, -0.05) is 18.3 Å². The SMILES string of the molecule is CCN(CC)CCCNCc1snnc1C. The van der Waals surface area contributed by atoms with Crippen LogP contribution in [0, 0.1) is 6.92 Å². The molecule has 0 unspecified atom stereocenters. The Balaban J connectivity index is 2.06. The number of hydrogen-bond acceptors (Lipinski definition) is 5. The number of nitrogens with zero attached hydrogens (tertiary/aromatic N) is 3. The maximum atomic E-state index is 3.99. The summed E-state index contributed by atoms with van der Waals surface area (Å²) < 4.78 is 3.92. The summed E-state index contributed by atoms with van der Waals surface area (Å²) in [6.45, 7) is 11.9. The van der Waals surface area contributed by atoms with Crippen LogP contribution in [-0.2, 0) is 6.54 Å². The van der Waals surface area contributed by atoms with Gasteiger partial charge in [0.25, 0.3) is 0 Å². The average molecular weight is 242 g/mol. The van der Waals surface area contributed by atoms with Crippen LogP contribution in [0.5, 0.6) is 0 Å². The van der Waals surface area contributed by atoms with Crippen molar-refractivity contribution in [1.29, 1.82) is 0 Å². The molecule has 1 aromatic heterocycles. The highest BCUT2D eigenvalue weighted by Crippen LogP contribution is 2.07. The van der Waals surface area contributed by atoms with Crippen molar-refractivity contribution in [3.8, 4) is 0 Å². The zero-order valence-corrected chi connectivity index (χ0v) is 11.3. The Hall–Kier alpha value is -0.520. The van der Waals surface area contributed by atoms with E-state index in [0.29, 0.717) is 0 Å². The first-order valence-corrected chi connectivity index (χ1v) is 6.76. The summed E-state index contributed by atoms with van der Waals surface area (Å²) in [5.74, 6) is 0. The number of hydrogen-bond donors (Lipinski definition) is 1. The van der Waals surface area contributed by atoms with Gasteiger partial charge in [0.15, 0.2) is 0 Å². The smallest absolute Gasteiger partial charge is 0.0769 e. The van der Waals surface area contributed by atoms with E-state index in [0.717, 1.165) is 31.9 Å². The molecule has 0 aromatic carbocycles. The summed E-state index contributed by atoms with van der Waals surface area (Å²) in [4.78, 5) is 3.70. The van der Waals surface area contributed by atoms with E-state index >= 15 is 0 Å². The molecular formula is C11H22N4S. The Morgan fingerprint density at radius 2 is 2.06 bits per heavy atom. The molecule has 16 heavy (non-hydrogen) atoms. The Kier molecular flexibility index (Phi) is 6.52. The fraction of sp³-hybridized carbons (Fsp3) is 0.818. The maximum absolute atomic E-state index is 3.99. The first kappa shape index (κ1) is 13.5. The van der Waals surface area contributed by atoms with Gasteiger partial charge in [0.05, 0.1) is 10.6 Å². The molecule has 4 nitrogen and oxygen atoms in total. The van der Waals surface area contributed by atoms with Crippen molar-refractivity contribution in [2.45, 2.75) is 33.7 Å². The Bertz CT molecular complexity index is 283. The van der Waals surface area contributed by atoms with Gasteiger partial charge in [0, 0.05) is 6.54 Å². The van der Waals surface area contributed by atoms with E-state index in [1.807, 2.05) is 6.92 Å². The van der Waals surface area contributed by atoms with Crippen LogP contribution in [0.2, 0.25) is 0 Å². The van der Waals surface area contributed by atoms with E-state index in [9.17, 15) is 0 Å². The lowest BCUT2D eigenvalue weighted by atomic mass is 10.3. The second-order valence-electron chi connectivity index (χ2n) is 3.84. The van der Waals surface area contributed by atoms with Gasteiger partial charge < -0.3 is 10.2 Å². The molecule has 1 N–H and O–H groups in total. The number of aromatic nitrogens is 2. The molecule has 1 rings (SSSR count). The molecule has 0 saturated carbocycles. The number of nitrogens with one attached hydrogen (secondary N) is 1. The van der Waals surface area contributed by atoms with E-state index in [-0.39, 0.29) is 0 Å². The predicted molar refractivity (Wildman–Crippen MR) is 68.8 cm³/mol. The molecular weight excluding hydrogens is 220 g/mol. The van der Waals surface area contributed by atoms with Gasteiger partial charge in [-0.2, -0.15) is 0 Å². The number of rotatable bonds is 8. The van der Waals surface area contributed by atoms with E-state index < -0.39 is 0 Å².